The Morgan fingerprint density at radius 1 is 1.17 bits per heavy atom. The maximum atomic E-state index is 13.2. The van der Waals surface area contributed by atoms with E-state index in [9.17, 15) is 18.0 Å². The van der Waals surface area contributed by atoms with E-state index in [0.717, 1.165) is 6.07 Å². The number of hydrogen-bond donors (Lipinski definition) is 1. The molecule has 0 bridgehead atoms. The molecule has 1 aromatic carbocycles. The van der Waals surface area contributed by atoms with Crippen LogP contribution in [-0.2, 0) is 6.18 Å². The van der Waals surface area contributed by atoms with Gasteiger partial charge in [-0.1, -0.05) is 29.8 Å². The Morgan fingerprint density at radius 3 is 2.54 bits per heavy atom. The lowest BCUT2D eigenvalue weighted by Crippen LogP contribution is -2.46. The lowest BCUT2D eigenvalue weighted by atomic mass is 9.73. The lowest BCUT2D eigenvalue weighted by Gasteiger charge is -2.38. The summed E-state index contributed by atoms with van der Waals surface area (Å²) in [7, 11) is 0. The number of nitrogens with zero attached hydrogens (tertiary/aromatic N) is 1. The minimum atomic E-state index is -4.41. The number of aromatic nitrogens is 1. The summed E-state index contributed by atoms with van der Waals surface area (Å²) in [6.07, 6.45) is -1.72. The van der Waals surface area contributed by atoms with Gasteiger partial charge in [-0.3, -0.25) is 4.79 Å². The number of nitrogens with one attached hydrogen (secondary N) is 1. The molecular formula is C17H14ClF3N2O. The normalized spacial score (nSPS) is 20.3. The molecule has 3 nitrogen and oxygen atoms in total. The minimum Gasteiger partial charge on any atom is -0.349 e. The Balaban J connectivity index is 1.79. The second-order valence-electron chi connectivity index (χ2n) is 5.69. The van der Waals surface area contributed by atoms with E-state index >= 15 is 0 Å². The monoisotopic (exact) mass is 354 g/mol. The van der Waals surface area contributed by atoms with E-state index in [0.29, 0.717) is 12.8 Å². The van der Waals surface area contributed by atoms with Crippen molar-refractivity contribution in [2.24, 2.45) is 0 Å². The van der Waals surface area contributed by atoms with Crippen molar-refractivity contribution in [1.29, 1.82) is 0 Å². The van der Waals surface area contributed by atoms with Gasteiger partial charge in [0.15, 0.2) is 0 Å². The molecule has 3 rings (SSSR count). The van der Waals surface area contributed by atoms with Gasteiger partial charge >= 0.3 is 6.18 Å². The van der Waals surface area contributed by atoms with Crippen LogP contribution in [0.15, 0.2) is 42.6 Å². The van der Waals surface area contributed by atoms with Gasteiger partial charge in [0.1, 0.15) is 5.15 Å². The van der Waals surface area contributed by atoms with Gasteiger partial charge in [0.2, 0.25) is 0 Å². The molecule has 2 atom stereocenters. The summed E-state index contributed by atoms with van der Waals surface area (Å²) in [4.78, 5) is 16.1. The number of benzene rings is 1. The van der Waals surface area contributed by atoms with Crippen LogP contribution in [0.1, 0.15) is 40.2 Å². The zero-order chi connectivity index (χ0) is 17.3. The molecule has 0 radical (unpaired) electrons. The second kappa shape index (κ2) is 6.43. The quantitative estimate of drug-likeness (QED) is 0.828. The average molecular weight is 355 g/mol. The van der Waals surface area contributed by atoms with E-state index in [2.05, 4.69) is 10.3 Å². The molecule has 1 aromatic heterocycles. The lowest BCUT2D eigenvalue weighted by molar-refractivity contribution is -0.138. The van der Waals surface area contributed by atoms with Crippen LogP contribution in [0.3, 0.4) is 0 Å². The summed E-state index contributed by atoms with van der Waals surface area (Å²) in [6, 6.07) is 8.26. The molecule has 1 heterocycles. The molecule has 2 unspecified atom stereocenters. The van der Waals surface area contributed by atoms with Crippen LogP contribution in [-0.4, -0.2) is 16.9 Å². The van der Waals surface area contributed by atoms with E-state index in [1.54, 1.807) is 12.1 Å². The highest BCUT2D eigenvalue weighted by molar-refractivity contribution is 6.32. The maximum Gasteiger partial charge on any atom is 0.416 e. The number of carbonyl (C=O) groups is 1. The zero-order valence-electron chi connectivity index (χ0n) is 12.5. The summed E-state index contributed by atoms with van der Waals surface area (Å²) in [5.41, 5.74) is -0.207. The molecule has 24 heavy (non-hydrogen) atoms. The third-order valence-electron chi connectivity index (χ3n) is 4.26. The number of rotatable bonds is 3. The van der Waals surface area contributed by atoms with E-state index in [1.807, 2.05) is 0 Å². The Bertz CT molecular complexity index is 763. The molecule has 7 heteroatoms. The molecule has 1 amide bonds. The number of halogens is 4. The molecule has 1 N–H and O–H groups in total. The molecule has 1 aliphatic carbocycles. The first kappa shape index (κ1) is 16.8. The molecule has 1 saturated carbocycles. The van der Waals surface area contributed by atoms with Crippen LogP contribution < -0.4 is 5.32 Å². The van der Waals surface area contributed by atoms with Gasteiger partial charge < -0.3 is 5.32 Å². The van der Waals surface area contributed by atoms with Crippen LogP contribution in [0.25, 0.3) is 0 Å². The second-order valence-corrected chi connectivity index (χ2v) is 6.05. The highest BCUT2D eigenvalue weighted by Crippen LogP contribution is 2.43. The number of alkyl halides is 3. The predicted molar refractivity (Wildman–Crippen MR) is 83.9 cm³/mol. The van der Waals surface area contributed by atoms with Crippen molar-refractivity contribution in [3.63, 3.8) is 0 Å². The van der Waals surface area contributed by atoms with E-state index in [1.165, 1.54) is 24.4 Å². The summed E-state index contributed by atoms with van der Waals surface area (Å²) in [6.45, 7) is 0. The van der Waals surface area contributed by atoms with E-state index < -0.39 is 17.6 Å². The van der Waals surface area contributed by atoms with Crippen molar-refractivity contribution in [2.45, 2.75) is 31.0 Å². The van der Waals surface area contributed by atoms with Gasteiger partial charge in [0.05, 0.1) is 11.1 Å². The van der Waals surface area contributed by atoms with Crippen LogP contribution in [0.2, 0.25) is 5.15 Å². The summed E-state index contributed by atoms with van der Waals surface area (Å²) < 4.78 is 39.5. The highest BCUT2D eigenvalue weighted by Gasteiger charge is 2.40. The molecule has 0 spiro atoms. The SMILES string of the molecule is O=C(NC1CCC1c1ccccc1C(F)(F)F)c1cccnc1Cl. The van der Waals surface area contributed by atoms with Crippen molar-refractivity contribution in [3.8, 4) is 0 Å². The van der Waals surface area contributed by atoms with E-state index in [-0.39, 0.29) is 28.2 Å². The number of carbonyl (C=O) groups excluding carboxylic acids is 1. The Labute approximate surface area is 141 Å². The van der Waals surface area contributed by atoms with E-state index in [4.69, 9.17) is 11.6 Å². The largest absolute Gasteiger partial charge is 0.416 e. The predicted octanol–water partition coefficient (Wildman–Crippen LogP) is 4.43. The van der Waals surface area contributed by atoms with Gasteiger partial charge in [-0.2, -0.15) is 13.2 Å². The first-order valence-electron chi connectivity index (χ1n) is 7.45. The fourth-order valence-corrected chi connectivity index (χ4v) is 3.13. The van der Waals surface area contributed by atoms with Crippen molar-refractivity contribution in [1.82, 2.24) is 10.3 Å². The van der Waals surface area contributed by atoms with Crippen molar-refractivity contribution in [2.75, 3.05) is 0 Å². The molecule has 1 aliphatic rings. The number of amides is 1. The molecule has 1 fully saturated rings. The summed E-state index contributed by atoms with van der Waals surface area (Å²) in [5.74, 6) is -0.783. The summed E-state index contributed by atoms with van der Waals surface area (Å²) >= 11 is 5.88. The van der Waals surface area contributed by atoms with Gasteiger partial charge in [-0.05, 0) is 36.6 Å². The van der Waals surface area contributed by atoms with Gasteiger partial charge in [-0.25, -0.2) is 4.98 Å². The van der Waals surface area contributed by atoms with Crippen LogP contribution in [0.4, 0.5) is 13.2 Å². The fraction of sp³-hybridized carbons (Fsp3) is 0.294. The number of hydrogen-bond acceptors (Lipinski definition) is 2. The molecule has 0 saturated heterocycles. The molecular weight excluding hydrogens is 341 g/mol. The van der Waals surface area contributed by atoms with Gasteiger partial charge in [-0.15, -0.1) is 0 Å². The molecule has 126 valence electrons. The number of pyridine rings is 1. The smallest absolute Gasteiger partial charge is 0.349 e. The van der Waals surface area contributed by atoms with Crippen molar-refractivity contribution >= 4 is 17.5 Å². The Kier molecular flexibility index (Phi) is 4.49. The van der Waals surface area contributed by atoms with Crippen LogP contribution in [0.5, 0.6) is 0 Å². The Morgan fingerprint density at radius 2 is 1.92 bits per heavy atom. The zero-order valence-corrected chi connectivity index (χ0v) is 13.2. The molecule has 2 aromatic rings. The Hall–Kier alpha value is -2.08. The van der Waals surface area contributed by atoms with Crippen LogP contribution in [0, 0.1) is 0 Å². The van der Waals surface area contributed by atoms with Crippen LogP contribution >= 0.6 is 11.6 Å². The van der Waals surface area contributed by atoms with Crippen molar-refractivity contribution < 1.29 is 18.0 Å². The molecule has 0 aliphatic heterocycles. The third-order valence-corrected chi connectivity index (χ3v) is 4.56. The van der Waals surface area contributed by atoms with Crippen molar-refractivity contribution in [3.05, 3.63) is 64.4 Å². The average Bonchev–Trinajstić information content (AvgIpc) is 2.51. The first-order valence-corrected chi connectivity index (χ1v) is 7.83. The van der Waals surface area contributed by atoms with Gasteiger partial charge in [0.25, 0.3) is 5.91 Å². The van der Waals surface area contributed by atoms with Gasteiger partial charge in [0, 0.05) is 18.2 Å². The third kappa shape index (κ3) is 3.24. The first-order chi connectivity index (χ1) is 11.4. The summed E-state index contributed by atoms with van der Waals surface area (Å²) in [5, 5.41) is 2.84. The minimum absolute atomic E-state index is 0.0709. The topological polar surface area (TPSA) is 42.0 Å². The highest BCUT2D eigenvalue weighted by atomic mass is 35.5. The maximum absolute atomic E-state index is 13.2. The fourth-order valence-electron chi connectivity index (χ4n) is 2.93. The standard InChI is InChI=1S/C17H14ClF3N2O/c18-15-12(5-3-9-22-15)16(24)23-14-8-7-11(14)10-4-1-2-6-13(10)17(19,20)21/h1-6,9,11,14H,7-8H2,(H,23,24).